The van der Waals surface area contributed by atoms with Gasteiger partial charge in [0.15, 0.2) is 0 Å². The van der Waals surface area contributed by atoms with E-state index in [1.54, 1.807) is 7.11 Å². The van der Waals surface area contributed by atoms with E-state index >= 15 is 0 Å². The fraction of sp³-hybridized carbons (Fsp3) is 0.278. The molecule has 0 unspecified atom stereocenters. The molecule has 0 aliphatic carbocycles. The molecule has 2 rings (SSSR count). The van der Waals surface area contributed by atoms with Gasteiger partial charge in [0.25, 0.3) is 0 Å². The van der Waals surface area contributed by atoms with Crippen molar-refractivity contribution < 1.29 is 14.3 Å². The average molecular weight is 299 g/mol. The van der Waals surface area contributed by atoms with Gasteiger partial charge < -0.3 is 14.8 Å². The van der Waals surface area contributed by atoms with E-state index in [1.807, 2.05) is 56.3 Å². The number of hydrogen-bond donors (Lipinski definition) is 1. The number of rotatable bonds is 6. The summed E-state index contributed by atoms with van der Waals surface area (Å²) in [5.41, 5.74) is 2.70. The summed E-state index contributed by atoms with van der Waals surface area (Å²) in [5.74, 6) is 1.39. The first kappa shape index (κ1) is 15.9. The molecule has 0 radical (unpaired) electrons. The smallest absolute Gasteiger partial charge is 0.228 e. The van der Waals surface area contributed by atoms with E-state index in [4.69, 9.17) is 9.47 Å². The summed E-state index contributed by atoms with van der Waals surface area (Å²) in [5, 5.41) is 2.90. The highest BCUT2D eigenvalue weighted by atomic mass is 16.5. The monoisotopic (exact) mass is 299 g/mol. The van der Waals surface area contributed by atoms with Crippen molar-refractivity contribution >= 4 is 11.6 Å². The highest BCUT2D eigenvalue weighted by Crippen LogP contribution is 2.25. The molecule has 0 atom stereocenters. The second kappa shape index (κ2) is 7.50. The lowest BCUT2D eigenvalue weighted by molar-refractivity contribution is -0.115. The molecule has 0 fully saturated rings. The zero-order valence-electron chi connectivity index (χ0n) is 13.2. The Kier molecular flexibility index (Phi) is 5.42. The molecule has 4 heteroatoms. The predicted octanol–water partition coefficient (Wildman–Crippen LogP) is 3.58. The Morgan fingerprint density at radius 3 is 2.50 bits per heavy atom. The third-order valence-corrected chi connectivity index (χ3v) is 3.23. The number of benzene rings is 2. The van der Waals surface area contributed by atoms with Crippen molar-refractivity contribution in [3.05, 3.63) is 53.6 Å². The summed E-state index contributed by atoms with van der Waals surface area (Å²) in [7, 11) is 1.59. The lowest BCUT2D eigenvalue weighted by Gasteiger charge is -2.11. The van der Waals surface area contributed by atoms with E-state index in [0.717, 1.165) is 16.9 Å². The van der Waals surface area contributed by atoms with Gasteiger partial charge in [-0.3, -0.25) is 4.79 Å². The van der Waals surface area contributed by atoms with Crippen LogP contribution >= 0.6 is 0 Å². The van der Waals surface area contributed by atoms with Crippen molar-refractivity contribution in [3.63, 3.8) is 0 Å². The van der Waals surface area contributed by atoms with Crippen LogP contribution < -0.4 is 14.8 Å². The van der Waals surface area contributed by atoms with Crippen molar-refractivity contribution in [1.82, 2.24) is 0 Å². The molecule has 116 valence electrons. The van der Waals surface area contributed by atoms with E-state index in [1.165, 1.54) is 0 Å². The van der Waals surface area contributed by atoms with Gasteiger partial charge in [0.05, 0.1) is 25.8 Å². The second-order valence-corrected chi connectivity index (χ2v) is 5.01. The highest BCUT2D eigenvalue weighted by molar-refractivity contribution is 5.93. The molecule has 0 saturated carbocycles. The number of amides is 1. The van der Waals surface area contributed by atoms with Crippen molar-refractivity contribution in [3.8, 4) is 11.5 Å². The van der Waals surface area contributed by atoms with Crippen LogP contribution in [0.1, 0.15) is 18.1 Å². The fourth-order valence-electron chi connectivity index (χ4n) is 2.17. The van der Waals surface area contributed by atoms with Crippen LogP contribution in [-0.2, 0) is 11.2 Å². The fourth-order valence-corrected chi connectivity index (χ4v) is 2.17. The van der Waals surface area contributed by atoms with Crippen LogP contribution in [0.5, 0.6) is 11.5 Å². The Hall–Kier alpha value is -2.49. The Morgan fingerprint density at radius 2 is 1.86 bits per heavy atom. The number of nitrogens with one attached hydrogen (secondary N) is 1. The summed E-state index contributed by atoms with van der Waals surface area (Å²) in [4.78, 5) is 12.2. The lowest BCUT2D eigenvalue weighted by Crippen LogP contribution is -2.15. The number of carbonyl (C=O) groups excluding carboxylic acids is 1. The molecule has 0 bridgehead atoms. The van der Waals surface area contributed by atoms with Crippen molar-refractivity contribution in [1.29, 1.82) is 0 Å². The molecule has 4 nitrogen and oxygen atoms in total. The topological polar surface area (TPSA) is 47.6 Å². The minimum atomic E-state index is -0.0759. The first-order valence-corrected chi connectivity index (χ1v) is 7.28. The van der Waals surface area contributed by atoms with E-state index in [0.29, 0.717) is 24.5 Å². The lowest BCUT2D eigenvalue weighted by atomic mass is 10.1. The normalized spacial score (nSPS) is 10.1. The molecular formula is C18H21NO3. The minimum absolute atomic E-state index is 0.0759. The maximum absolute atomic E-state index is 12.2. The van der Waals surface area contributed by atoms with Gasteiger partial charge in [-0.2, -0.15) is 0 Å². The van der Waals surface area contributed by atoms with Gasteiger partial charge in [-0.15, -0.1) is 0 Å². The molecular weight excluding hydrogens is 278 g/mol. The third-order valence-electron chi connectivity index (χ3n) is 3.23. The summed E-state index contributed by atoms with van der Waals surface area (Å²) in [6, 6.07) is 13.2. The first-order chi connectivity index (χ1) is 10.6. The van der Waals surface area contributed by atoms with Crippen LogP contribution in [0.25, 0.3) is 0 Å². The van der Waals surface area contributed by atoms with Crippen LogP contribution in [0.4, 0.5) is 5.69 Å². The quantitative estimate of drug-likeness (QED) is 0.887. The molecule has 0 aromatic heterocycles. The number of ether oxygens (including phenoxy) is 2. The van der Waals surface area contributed by atoms with Gasteiger partial charge in [-0.1, -0.05) is 18.2 Å². The van der Waals surface area contributed by atoms with E-state index < -0.39 is 0 Å². The maximum Gasteiger partial charge on any atom is 0.228 e. The number of anilines is 1. The first-order valence-electron chi connectivity index (χ1n) is 7.28. The van der Waals surface area contributed by atoms with Gasteiger partial charge in [-0.05, 0) is 49.2 Å². The molecule has 0 heterocycles. The number of carbonyl (C=O) groups is 1. The summed E-state index contributed by atoms with van der Waals surface area (Å²) >= 11 is 0. The highest BCUT2D eigenvalue weighted by Gasteiger charge is 2.09. The molecule has 22 heavy (non-hydrogen) atoms. The Balaban J connectivity index is 2.02. The summed E-state index contributed by atoms with van der Waals surface area (Å²) in [6.07, 6.45) is 0.309. The van der Waals surface area contributed by atoms with Crippen LogP contribution in [0.2, 0.25) is 0 Å². The third kappa shape index (κ3) is 4.25. The van der Waals surface area contributed by atoms with Gasteiger partial charge in [0, 0.05) is 0 Å². The van der Waals surface area contributed by atoms with E-state index in [-0.39, 0.29) is 5.91 Å². The molecule has 2 aromatic carbocycles. The number of methoxy groups -OCH3 is 1. The van der Waals surface area contributed by atoms with Crippen molar-refractivity contribution in [2.75, 3.05) is 19.0 Å². The van der Waals surface area contributed by atoms with Crippen LogP contribution in [0, 0.1) is 6.92 Å². The van der Waals surface area contributed by atoms with Crippen molar-refractivity contribution in [2.24, 2.45) is 0 Å². The molecule has 0 saturated heterocycles. The van der Waals surface area contributed by atoms with Gasteiger partial charge in [0.1, 0.15) is 11.5 Å². The molecule has 0 spiro atoms. The van der Waals surface area contributed by atoms with Gasteiger partial charge in [0.2, 0.25) is 5.91 Å². The van der Waals surface area contributed by atoms with Crippen LogP contribution in [0.3, 0.4) is 0 Å². The van der Waals surface area contributed by atoms with E-state index in [9.17, 15) is 4.79 Å². The molecule has 1 amide bonds. The largest absolute Gasteiger partial charge is 0.495 e. The Labute approximate surface area is 131 Å². The summed E-state index contributed by atoms with van der Waals surface area (Å²) < 4.78 is 10.7. The molecule has 0 aliphatic rings. The van der Waals surface area contributed by atoms with Gasteiger partial charge in [-0.25, -0.2) is 0 Å². The Bertz CT molecular complexity index is 635. The zero-order valence-corrected chi connectivity index (χ0v) is 13.2. The Morgan fingerprint density at radius 1 is 1.14 bits per heavy atom. The summed E-state index contributed by atoms with van der Waals surface area (Å²) in [6.45, 7) is 4.55. The minimum Gasteiger partial charge on any atom is -0.495 e. The van der Waals surface area contributed by atoms with Crippen LogP contribution in [-0.4, -0.2) is 19.6 Å². The molecule has 1 N–H and O–H groups in total. The maximum atomic E-state index is 12.2. The van der Waals surface area contributed by atoms with Crippen molar-refractivity contribution in [2.45, 2.75) is 20.3 Å². The SMILES string of the molecule is CCOc1ccc(CC(=O)Nc2cc(C)ccc2OC)cc1. The van der Waals surface area contributed by atoms with Crippen LogP contribution in [0.15, 0.2) is 42.5 Å². The predicted molar refractivity (Wildman–Crippen MR) is 87.7 cm³/mol. The zero-order chi connectivity index (χ0) is 15.9. The number of aryl methyl sites for hydroxylation is 1. The molecule has 2 aromatic rings. The van der Waals surface area contributed by atoms with E-state index in [2.05, 4.69) is 5.32 Å². The molecule has 0 aliphatic heterocycles. The average Bonchev–Trinajstić information content (AvgIpc) is 2.50. The van der Waals surface area contributed by atoms with Gasteiger partial charge >= 0.3 is 0 Å². The second-order valence-electron chi connectivity index (χ2n) is 5.01. The number of hydrogen-bond acceptors (Lipinski definition) is 3. The standard InChI is InChI=1S/C18H21NO3/c1-4-22-15-8-6-14(7-9-15)12-18(20)19-16-11-13(2)5-10-17(16)21-3/h5-11H,4,12H2,1-3H3,(H,19,20).